The number of nitrogens with one attached hydrogen (secondary N) is 1. The van der Waals surface area contributed by atoms with E-state index in [-0.39, 0.29) is 6.04 Å². The van der Waals surface area contributed by atoms with Gasteiger partial charge < -0.3 is 0 Å². The average Bonchev–Trinajstić information content (AvgIpc) is 2.21. The molecule has 0 fully saturated rings. The SMILES string of the molecule is C#CC(NCCC)c1ncc(C)cn1. The molecule has 14 heavy (non-hydrogen) atoms. The van der Waals surface area contributed by atoms with Crippen LogP contribution in [0.1, 0.15) is 30.8 Å². The van der Waals surface area contributed by atoms with Gasteiger partial charge in [0.2, 0.25) is 0 Å². The largest absolute Gasteiger partial charge is 0.297 e. The predicted octanol–water partition coefficient (Wildman–Crippen LogP) is 1.46. The van der Waals surface area contributed by atoms with E-state index in [2.05, 4.69) is 28.1 Å². The van der Waals surface area contributed by atoms with Crippen molar-refractivity contribution in [3.8, 4) is 12.3 Å². The Morgan fingerprint density at radius 1 is 1.50 bits per heavy atom. The van der Waals surface area contributed by atoms with Gasteiger partial charge in [0.05, 0.1) is 0 Å². The molecule has 1 unspecified atom stereocenters. The fraction of sp³-hybridized carbons (Fsp3) is 0.455. The highest BCUT2D eigenvalue weighted by Gasteiger charge is 2.08. The van der Waals surface area contributed by atoms with Gasteiger partial charge in [-0.05, 0) is 25.5 Å². The van der Waals surface area contributed by atoms with Gasteiger partial charge in [-0.3, -0.25) is 5.32 Å². The maximum absolute atomic E-state index is 5.39. The molecule has 3 heteroatoms. The summed E-state index contributed by atoms with van der Waals surface area (Å²) in [7, 11) is 0. The Labute approximate surface area is 85.0 Å². The maximum Gasteiger partial charge on any atom is 0.157 e. The first-order valence-electron chi connectivity index (χ1n) is 4.76. The van der Waals surface area contributed by atoms with E-state index in [1.807, 2.05) is 6.92 Å². The Balaban J connectivity index is 2.70. The minimum Gasteiger partial charge on any atom is -0.297 e. The van der Waals surface area contributed by atoms with Crippen molar-refractivity contribution in [1.82, 2.24) is 15.3 Å². The van der Waals surface area contributed by atoms with Gasteiger partial charge >= 0.3 is 0 Å². The minimum absolute atomic E-state index is 0.171. The zero-order valence-electron chi connectivity index (χ0n) is 8.62. The van der Waals surface area contributed by atoms with Gasteiger partial charge in [-0.15, -0.1) is 6.42 Å². The standard InChI is InChI=1S/C11H15N3/c1-4-6-12-10(5-2)11-13-7-9(3)8-14-11/h2,7-8,10,12H,4,6H2,1,3H3. The van der Waals surface area contributed by atoms with Crippen LogP contribution in [0.25, 0.3) is 0 Å². The smallest absolute Gasteiger partial charge is 0.157 e. The van der Waals surface area contributed by atoms with Crippen molar-refractivity contribution in [2.45, 2.75) is 26.3 Å². The van der Waals surface area contributed by atoms with E-state index >= 15 is 0 Å². The molecule has 0 aliphatic heterocycles. The van der Waals surface area contributed by atoms with E-state index in [4.69, 9.17) is 6.42 Å². The second-order valence-electron chi connectivity index (χ2n) is 3.17. The quantitative estimate of drug-likeness (QED) is 0.729. The number of rotatable bonds is 4. The predicted molar refractivity (Wildman–Crippen MR) is 56.6 cm³/mol. The Bertz CT molecular complexity index is 310. The lowest BCUT2D eigenvalue weighted by Gasteiger charge is -2.10. The van der Waals surface area contributed by atoms with Gasteiger partial charge in [0, 0.05) is 12.4 Å². The summed E-state index contributed by atoms with van der Waals surface area (Å²) in [6.45, 7) is 4.93. The van der Waals surface area contributed by atoms with Gasteiger partial charge in [0.1, 0.15) is 6.04 Å². The number of terminal acetylenes is 1. The lowest BCUT2D eigenvalue weighted by Crippen LogP contribution is -2.22. The fourth-order valence-corrected chi connectivity index (χ4v) is 1.07. The first-order chi connectivity index (χ1) is 6.77. The van der Waals surface area contributed by atoms with Crippen LogP contribution < -0.4 is 5.32 Å². The van der Waals surface area contributed by atoms with Crippen LogP contribution in [0.4, 0.5) is 0 Å². The number of hydrogen-bond donors (Lipinski definition) is 1. The molecule has 0 saturated heterocycles. The Morgan fingerprint density at radius 2 is 2.14 bits per heavy atom. The zero-order valence-corrected chi connectivity index (χ0v) is 8.62. The van der Waals surface area contributed by atoms with Gasteiger partial charge in [-0.2, -0.15) is 0 Å². The second kappa shape index (κ2) is 5.36. The van der Waals surface area contributed by atoms with Gasteiger partial charge in [-0.25, -0.2) is 9.97 Å². The number of nitrogens with zero attached hydrogens (tertiary/aromatic N) is 2. The molecule has 1 aromatic rings. The number of aryl methyl sites for hydroxylation is 1. The molecule has 1 heterocycles. The lowest BCUT2D eigenvalue weighted by molar-refractivity contribution is 0.599. The van der Waals surface area contributed by atoms with Crippen molar-refractivity contribution in [1.29, 1.82) is 0 Å². The molecular weight excluding hydrogens is 174 g/mol. The third kappa shape index (κ3) is 2.82. The molecule has 0 spiro atoms. The summed E-state index contributed by atoms with van der Waals surface area (Å²) in [6, 6.07) is -0.171. The van der Waals surface area contributed by atoms with E-state index < -0.39 is 0 Å². The van der Waals surface area contributed by atoms with Crippen LogP contribution in [0.5, 0.6) is 0 Å². The first kappa shape index (κ1) is 10.7. The van der Waals surface area contributed by atoms with Gasteiger partial charge in [0.15, 0.2) is 5.82 Å². The van der Waals surface area contributed by atoms with E-state index in [0.29, 0.717) is 5.82 Å². The molecule has 0 radical (unpaired) electrons. The number of aromatic nitrogens is 2. The lowest BCUT2D eigenvalue weighted by atomic mass is 10.2. The van der Waals surface area contributed by atoms with E-state index in [0.717, 1.165) is 18.5 Å². The molecule has 0 bridgehead atoms. The highest BCUT2D eigenvalue weighted by molar-refractivity contribution is 5.13. The van der Waals surface area contributed by atoms with E-state index in [9.17, 15) is 0 Å². The molecule has 1 rings (SSSR count). The molecule has 1 atom stereocenters. The zero-order chi connectivity index (χ0) is 10.4. The van der Waals surface area contributed by atoms with Crippen LogP contribution in [-0.4, -0.2) is 16.5 Å². The summed E-state index contributed by atoms with van der Waals surface area (Å²) in [4.78, 5) is 8.37. The van der Waals surface area contributed by atoms with Gasteiger partial charge in [-0.1, -0.05) is 12.8 Å². The Morgan fingerprint density at radius 3 is 2.64 bits per heavy atom. The van der Waals surface area contributed by atoms with Crippen molar-refractivity contribution in [3.05, 3.63) is 23.8 Å². The topological polar surface area (TPSA) is 37.8 Å². The monoisotopic (exact) mass is 189 g/mol. The van der Waals surface area contributed by atoms with Gasteiger partial charge in [0.25, 0.3) is 0 Å². The highest BCUT2D eigenvalue weighted by atomic mass is 15.0. The minimum atomic E-state index is -0.171. The molecule has 0 amide bonds. The highest BCUT2D eigenvalue weighted by Crippen LogP contribution is 2.05. The molecule has 3 nitrogen and oxygen atoms in total. The summed E-state index contributed by atoms with van der Waals surface area (Å²) in [5.74, 6) is 3.31. The summed E-state index contributed by atoms with van der Waals surface area (Å²) < 4.78 is 0. The molecule has 0 aliphatic rings. The molecule has 0 aromatic carbocycles. The van der Waals surface area contributed by atoms with Crippen molar-refractivity contribution in [2.75, 3.05) is 6.54 Å². The summed E-state index contributed by atoms with van der Waals surface area (Å²) in [5.41, 5.74) is 1.04. The van der Waals surface area contributed by atoms with E-state index in [1.54, 1.807) is 12.4 Å². The Kier molecular flexibility index (Phi) is 4.09. The van der Waals surface area contributed by atoms with Crippen LogP contribution in [-0.2, 0) is 0 Å². The Hall–Kier alpha value is -1.40. The molecule has 1 aromatic heterocycles. The number of hydrogen-bond acceptors (Lipinski definition) is 3. The average molecular weight is 189 g/mol. The molecule has 74 valence electrons. The van der Waals surface area contributed by atoms with Crippen molar-refractivity contribution < 1.29 is 0 Å². The summed E-state index contributed by atoms with van der Waals surface area (Å²) >= 11 is 0. The molecular formula is C11H15N3. The van der Waals surface area contributed by atoms with Crippen LogP contribution in [0.2, 0.25) is 0 Å². The van der Waals surface area contributed by atoms with Crippen LogP contribution in [0.15, 0.2) is 12.4 Å². The fourth-order valence-electron chi connectivity index (χ4n) is 1.07. The van der Waals surface area contributed by atoms with E-state index in [1.165, 1.54) is 0 Å². The third-order valence-corrected chi connectivity index (χ3v) is 1.82. The second-order valence-corrected chi connectivity index (χ2v) is 3.17. The van der Waals surface area contributed by atoms with Crippen LogP contribution >= 0.6 is 0 Å². The van der Waals surface area contributed by atoms with Crippen LogP contribution in [0, 0.1) is 19.3 Å². The molecule has 1 N–H and O–H groups in total. The first-order valence-corrected chi connectivity index (χ1v) is 4.76. The normalized spacial score (nSPS) is 12.1. The molecule has 0 saturated carbocycles. The third-order valence-electron chi connectivity index (χ3n) is 1.82. The van der Waals surface area contributed by atoms with Crippen molar-refractivity contribution >= 4 is 0 Å². The summed E-state index contributed by atoms with van der Waals surface area (Å²) in [6.07, 6.45) is 9.99. The maximum atomic E-state index is 5.39. The molecule has 0 aliphatic carbocycles. The van der Waals surface area contributed by atoms with Crippen molar-refractivity contribution in [3.63, 3.8) is 0 Å². The summed E-state index contributed by atoms with van der Waals surface area (Å²) in [5, 5.41) is 3.19. The van der Waals surface area contributed by atoms with Crippen molar-refractivity contribution in [2.24, 2.45) is 0 Å². The van der Waals surface area contributed by atoms with Crippen LogP contribution in [0.3, 0.4) is 0 Å².